The first-order valence-corrected chi connectivity index (χ1v) is 4.69. The third kappa shape index (κ3) is 2.93. The first kappa shape index (κ1) is 8.41. The van der Waals surface area contributed by atoms with Crippen molar-refractivity contribution in [3.63, 3.8) is 0 Å². The van der Waals surface area contributed by atoms with Gasteiger partial charge in [0.1, 0.15) is 0 Å². The first-order chi connectivity index (χ1) is 4.79. The van der Waals surface area contributed by atoms with Crippen LogP contribution in [-0.4, -0.2) is 18.3 Å². The molecule has 2 atom stereocenters. The normalized spacial score (nSPS) is 28.8. The molecule has 1 saturated heterocycles. The van der Waals surface area contributed by atoms with Crippen molar-refractivity contribution in [2.24, 2.45) is 5.92 Å². The fourth-order valence-electron chi connectivity index (χ4n) is 1.44. The van der Waals surface area contributed by atoms with Crippen LogP contribution in [0.5, 0.6) is 0 Å². The van der Waals surface area contributed by atoms with Gasteiger partial charge < -0.3 is 5.32 Å². The van der Waals surface area contributed by atoms with Crippen LogP contribution in [-0.2, 0) is 0 Å². The van der Waals surface area contributed by atoms with Crippen molar-refractivity contribution >= 4 is 12.6 Å². The van der Waals surface area contributed by atoms with Crippen LogP contribution in [0.4, 0.5) is 0 Å². The molecule has 1 heterocycles. The third-order valence-electron chi connectivity index (χ3n) is 2.16. The summed E-state index contributed by atoms with van der Waals surface area (Å²) in [5.41, 5.74) is 0. The molecule has 1 nitrogen and oxygen atoms in total. The lowest BCUT2D eigenvalue weighted by Crippen LogP contribution is -2.09. The number of rotatable bonds is 3. The molecule has 1 N–H and O–H groups in total. The van der Waals surface area contributed by atoms with Gasteiger partial charge in [0, 0.05) is 0 Å². The Morgan fingerprint density at radius 3 is 3.00 bits per heavy atom. The predicted molar refractivity (Wildman–Crippen MR) is 48.7 cm³/mol. The van der Waals surface area contributed by atoms with E-state index in [0.717, 1.165) is 5.92 Å². The Balaban J connectivity index is 2.01. The van der Waals surface area contributed by atoms with Crippen LogP contribution < -0.4 is 5.32 Å². The maximum Gasteiger partial charge on any atom is -0.00115 e. The van der Waals surface area contributed by atoms with E-state index in [2.05, 4.69) is 24.9 Å². The molecular formula is C8H17NS. The van der Waals surface area contributed by atoms with Crippen molar-refractivity contribution in [2.45, 2.75) is 31.4 Å². The highest BCUT2D eigenvalue weighted by molar-refractivity contribution is 7.80. The lowest BCUT2D eigenvalue weighted by atomic mass is 10.0. The molecule has 1 aliphatic rings. The second-order valence-corrected chi connectivity index (χ2v) is 4.17. The van der Waals surface area contributed by atoms with Crippen molar-refractivity contribution in [2.75, 3.05) is 13.1 Å². The van der Waals surface area contributed by atoms with Gasteiger partial charge >= 0.3 is 0 Å². The minimum Gasteiger partial charge on any atom is -0.316 e. The number of hydrogen-bond acceptors (Lipinski definition) is 2. The lowest BCUT2D eigenvalue weighted by molar-refractivity contribution is 0.510. The molecule has 0 radical (unpaired) electrons. The summed E-state index contributed by atoms with van der Waals surface area (Å²) >= 11 is 4.35. The Hall–Kier alpha value is 0.310. The van der Waals surface area contributed by atoms with Gasteiger partial charge in [0.2, 0.25) is 0 Å². The summed E-state index contributed by atoms with van der Waals surface area (Å²) in [5.74, 6) is 0.939. The number of thiol groups is 1. The smallest absolute Gasteiger partial charge is 0.00115 e. The molecule has 1 aliphatic heterocycles. The molecular weight excluding hydrogens is 142 g/mol. The van der Waals surface area contributed by atoms with Gasteiger partial charge in [-0.3, -0.25) is 0 Å². The van der Waals surface area contributed by atoms with Crippen molar-refractivity contribution < 1.29 is 0 Å². The minimum atomic E-state index is 0.584. The molecule has 0 aromatic heterocycles. The van der Waals surface area contributed by atoms with Crippen LogP contribution in [0.1, 0.15) is 26.2 Å². The molecule has 1 fully saturated rings. The summed E-state index contributed by atoms with van der Waals surface area (Å²) in [6, 6.07) is 0. The largest absolute Gasteiger partial charge is 0.316 e. The van der Waals surface area contributed by atoms with Crippen LogP contribution in [0.3, 0.4) is 0 Å². The number of nitrogens with one attached hydrogen (secondary N) is 1. The predicted octanol–water partition coefficient (Wildman–Crippen LogP) is 1.69. The zero-order valence-electron chi connectivity index (χ0n) is 6.64. The molecule has 0 saturated carbocycles. The summed E-state index contributed by atoms with van der Waals surface area (Å²) in [7, 11) is 0. The average molecular weight is 159 g/mol. The van der Waals surface area contributed by atoms with E-state index in [0.29, 0.717) is 5.25 Å². The summed E-state index contributed by atoms with van der Waals surface area (Å²) < 4.78 is 0. The highest BCUT2D eigenvalue weighted by Crippen LogP contribution is 2.16. The van der Waals surface area contributed by atoms with Crippen LogP contribution in [0.15, 0.2) is 0 Å². The fraction of sp³-hybridized carbons (Fsp3) is 1.00. The molecule has 0 aromatic carbocycles. The summed E-state index contributed by atoms with van der Waals surface area (Å²) in [5, 5.41) is 3.96. The highest BCUT2D eigenvalue weighted by atomic mass is 32.1. The number of hydrogen-bond donors (Lipinski definition) is 2. The Morgan fingerprint density at radius 2 is 2.50 bits per heavy atom. The minimum absolute atomic E-state index is 0.584. The van der Waals surface area contributed by atoms with Gasteiger partial charge in [-0.25, -0.2) is 0 Å². The molecule has 60 valence electrons. The van der Waals surface area contributed by atoms with E-state index < -0.39 is 0 Å². The van der Waals surface area contributed by atoms with Crippen molar-refractivity contribution in [3.05, 3.63) is 0 Å². The van der Waals surface area contributed by atoms with Gasteiger partial charge in [0.25, 0.3) is 0 Å². The first-order valence-electron chi connectivity index (χ1n) is 4.18. The second-order valence-electron chi connectivity index (χ2n) is 3.29. The van der Waals surface area contributed by atoms with E-state index in [1.807, 2.05) is 0 Å². The van der Waals surface area contributed by atoms with Crippen molar-refractivity contribution in [1.82, 2.24) is 5.32 Å². The quantitative estimate of drug-likeness (QED) is 0.597. The van der Waals surface area contributed by atoms with Crippen LogP contribution in [0.25, 0.3) is 0 Å². The molecule has 2 heteroatoms. The highest BCUT2D eigenvalue weighted by Gasteiger charge is 2.13. The van der Waals surface area contributed by atoms with E-state index >= 15 is 0 Å². The van der Waals surface area contributed by atoms with E-state index in [1.54, 1.807) is 0 Å². The van der Waals surface area contributed by atoms with Crippen LogP contribution >= 0.6 is 12.6 Å². The summed E-state index contributed by atoms with van der Waals surface area (Å²) in [4.78, 5) is 0. The molecule has 0 amide bonds. The molecule has 0 aliphatic carbocycles. The van der Waals surface area contributed by atoms with Gasteiger partial charge in [0.15, 0.2) is 0 Å². The summed E-state index contributed by atoms with van der Waals surface area (Å²) in [6.45, 7) is 4.64. The van der Waals surface area contributed by atoms with Gasteiger partial charge in [-0.05, 0) is 43.5 Å². The zero-order valence-corrected chi connectivity index (χ0v) is 7.53. The fourth-order valence-corrected chi connectivity index (χ4v) is 1.59. The van der Waals surface area contributed by atoms with Gasteiger partial charge in [-0.15, -0.1) is 0 Å². The average Bonchev–Trinajstić information content (AvgIpc) is 2.34. The molecule has 10 heavy (non-hydrogen) atoms. The molecule has 1 rings (SSSR count). The Bertz CT molecular complexity index is 87.3. The maximum atomic E-state index is 4.35. The van der Waals surface area contributed by atoms with Crippen LogP contribution in [0.2, 0.25) is 0 Å². The van der Waals surface area contributed by atoms with Gasteiger partial charge in [-0.1, -0.05) is 6.92 Å². The standard InChI is InChI=1S/C8H17NS/c1-7(10)2-3-8-4-5-9-6-8/h7-10H,2-6H2,1H3. The molecule has 0 spiro atoms. The van der Waals surface area contributed by atoms with Gasteiger partial charge in [0.05, 0.1) is 0 Å². The van der Waals surface area contributed by atoms with E-state index in [9.17, 15) is 0 Å². The van der Waals surface area contributed by atoms with E-state index in [4.69, 9.17) is 0 Å². The van der Waals surface area contributed by atoms with E-state index in [1.165, 1.54) is 32.4 Å². The molecule has 2 unspecified atom stereocenters. The Labute approximate surface area is 69.0 Å². The Kier molecular flexibility index (Phi) is 3.57. The zero-order chi connectivity index (χ0) is 7.40. The van der Waals surface area contributed by atoms with Gasteiger partial charge in [-0.2, -0.15) is 12.6 Å². The lowest BCUT2D eigenvalue weighted by Gasteiger charge is -2.08. The molecule has 0 bridgehead atoms. The maximum absolute atomic E-state index is 4.35. The summed E-state index contributed by atoms with van der Waals surface area (Å²) in [6.07, 6.45) is 4.01. The van der Waals surface area contributed by atoms with Crippen molar-refractivity contribution in [3.8, 4) is 0 Å². The second kappa shape index (κ2) is 4.24. The molecule has 0 aromatic rings. The van der Waals surface area contributed by atoms with Crippen molar-refractivity contribution in [1.29, 1.82) is 0 Å². The van der Waals surface area contributed by atoms with E-state index in [-0.39, 0.29) is 0 Å². The monoisotopic (exact) mass is 159 g/mol. The SMILES string of the molecule is CC(S)CCC1CCNC1. The topological polar surface area (TPSA) is 12.0 Å². The third-order valence-corrected chi connectivity index (χ3v) is 2.41. The van der Waals surface area contributed by atoms with Crippen LogP contribution in [0, 0.1) is 5.92 Å². The Morgan fingerprint density at radius 1 is 1.70 bits per heavy atom.